The highest BCUT2D eigenvalue weighted by atomic mass is 35.5. The summed E-state index contributed by atoms with van der Waals surface area (Å²) in [5.74, 6) is -1.12. The molecule has 0 saturated carbocycles. The SMILES string of the molecule is CCN(CC)C(=O)COc1ccc(NC(=O)c2cccnc2OCC(F)(F)F)cc1Cl. The lowest BCUT2D eigenvalue weighted by atomic mass is 10.2. The molecular formula is C20H21ClF3N3O4. The maximum Gasteiger partial charge on any atom is 0.422 e. The van der Waals surface area contributed by atoms with E-state index in [-0.39, 0.29) is 34.5 Å². The number of likely N-dealkylation sites (N-methyl/N-ethyl adjacent to an activating group) is 1. The zero-order valence-electron chi connectivity index (χ0n) is 16.8. The monoisotopic (exact) mass is 459 g/mol. The number of hydrogen-bond donors (Lipinski definition) is 1. The number of pyridine rings is 1. The molecule has 31 heavy (non-hydrogen) atoms. The van der Waals surface area contributed by atoms with Crippen LogP contribution in [-0.2, 0) is 4.79 Å². The van der Waals surface area contributed by atoms with Crippen LogP contribution in [0.5, 0.6) is 11.6 Å². The second-order valence-electron chi connectivity index (χ2n) is 6.21. The molecule has 0 fully saturated rings. The molecule has 1 aromatic carbocycles. The molecule has 2 amide bonds. The maximum atomic E-state index is 12.5. The molecule has 1 N–H and O–H groups in total. The molecule has 0 radical (unpaired) electrons. The number of nitrogens with zero attached hydrogens (tertiary/aromatic N) is 2. The third-order valence-corrected chi connectivity index (χ3v) is 4.34. The minimum Gasteiger partial charge on any atom is -0.482 e. The van der Waals surface area contributed by atoms with Crippen LogP contribution in [0, 0.1) is 0 Å². The largest absolute Gasteiger partial charge is 0.482 e. The summed E-state index contributed by atoms with van der Waals surface area (Å²) in [6.45, 7) is 3.05. The van der Waals surface area contributed by atoms with Gasteiger partial charge in [0, 0.05) is 25.0 Å². The Morgan fingerprint density at radius 2 is 1.87 bits per heavy atom. The van der Waals surface area contributed by atoms with Crippen LogP contribution in [0.25, 0.3) is 0 Å². The molecule has 7 nitrogen and oxygen atoms in total. The summed E-state index contributed by atoms with van der Waals surface area (Å²) in [7, 11) is 0. The number of carbonyl (C=O) groups excluding carboxylic acids is 2. The van der Waals surface area contributed by atoms with E-state index in [1.54, 1.807) is 4.90 Å². The predicted octanol–water partition coefficient (Wildman–Crippen LogP) is 4.18. The lowest BCUT2D eigenvalue weighted by Crippen LogP contribution is -2.34. The van der Waals surface area contributed by atoms with Crippen molar-refractivity contribution in [1.82, 2.24) is 9.88 Å². The van der Waals surface area contributed by atoms with Gasteiger partial charge in [0.25, 0.3) is 11.8 Å². The van der Waals surface area contributed by atoms with E-state index in [2.05, 4.69) is 15.0 Å². The van der Waals surface area contributed by atoms with Crippen molar-refractivity contribution in [1.29, 1.82) is 0 Å². The smallest absolute Gasteiger partial charge is 0.422 e. The van der Waals surface area contributed by atoms with E-state index in [9.17, 15) is 22.8 Å². The second-order valence-corrected chi connectivity index (χ2v) is 6.62. The van der Waals surface area contributed by atoms with Gasteiger partial charge in [-0.05, 0) is 44.2 Å². The van der Waals surface area contributed by atoms with Crippen LogP contribution in [0.3, 0.4) is 0 Å². The Bertz CT molecular complexity index is 921. The van der Waals surface area contributed by atoms with Crippen LogP contribution >= 0.6 is 11.6 Å². The summed E-state index contributed by atoms with van der Waals surface area (Å²) < 4.78 is 47.2. The van der Waals surface area contributed by atoms with E-state index in [1.165, 1.54) is 36.5 Å². The van der Waals surface area contributed by atoms with E-state index in [1.807, 2.05) is 13.8 Å². The molecule has 1 heterocycles. The summed E-state index contributed by atoms with van der Waals surface area (Å²) in [5, 5.41) is 2.65. The molecule has 0 atom stereocenters. The van der Waals surface area contributed by atoms with Crippen molar-refractivity contribution in [3.05, 3.63) is 47.1 Å². The quantitative estimate of drug-likeness (QED) is 0.608. The first-order valence-electron chi connectivity index (χ1n) is 9.30. The highest BCUT2D eigenvalue weighted by Gasteiger charge is 2.29. The number of hydrogen-bond acceptors (Lipinski definition) is 5. The lowest BCUT2D eigenvalue weighted by molar-refractivity contribution is -0.154. The molecule has 11 heteroatoms. The topological polar surface area (TPSA) is 80.8 Å². The normalized spacial score (nSPS) is 11.0. The molecule has 1 aromatic heterocycles. The second kappa shape index (κ2) is 10.9. The Hall–Kier alpha value is -3.01. The highest BCUT2D eigenvalue weighted by molar-refractivity contribution is 6.32. The average Bonchev–Trinajstić information content (AvgIpc) is 2.72. The van der Waals surface area contributed by atoms with Crippen LogP contribution in [-0.4, -0.2) is 54.2 Å². The number of alkyl halides is 3. The number of rotatable bonds is 9. The van der Waals surface area contributed by atoms with E-state index in [0.29, 0.717) is 13.1 Å². The third-order valence-electron chi connectivity index (χ3n) is 4.05. The zero-order valence-corrected chi connectivity index (χ0v) is 17.6. The van der Waals surface area contributed by atoms with Gasteiger partial charge in [0.05, 0.1) is 5.02 Å². The van der Waals surface area contributed by atoms with Crippen LogP contribution in [0.4, 0.5) is 18.9 Å². The van der Waals surface area contributed by atoms with E-state index < -0.39 is 24.6 Å². The van der Waals surface area contributed by atoms with Crippen molar-refractivity contribution in [2.24, 2.45) is 0 Å². The molecule has 2 rings (SSSR count). The number of carbonyl (C=O) groups is 2. The van der Waals surface area contributed by atoms with Gasteiger partial charge in [-0.3, -0.25) is 9.59 Å². The molecule has 0 aliphatic carbocycles. The standard InChI is InChI=1S/C20H21ClF3N3O4/c1-3-27(4-2)17(28)11-30-16-8-7-13(10-15(16)21)26-18(29)14-6-5-9-25-19(14)31-12-20(22,23)24/h5-10H,3-4,11-12H2,1-2H3,(H,26,29). The summed E-state index contributed by atoms with van der Waals surface area (Å²) in [6, 6.07) is 7.02. The van der Waals surface area contributed by atoms with Gasteiger partial charge in [-0.15, -0.1) is 0 Å². The fourth-order valence-corrected chi connectivity index (χ4v) is 2.77. The first kappa shape index (κ1) is 24.3. The Morgan fingerprint density at radius 1 is 1.16 bits per heavy atom. The minimum atomic E-state index is -4.57. The van der Waals surface area contributed by atoms with Crippen molar-refractivity contribution in [3.63, 3.8) is 0 Å². The van der Waals surface area contributed by atoms with Gasteiger partial charge in [-0.2, -0.15) is 13.2 Å². The van der Waals surface area contributed by atoms with Crippen LogP contribution in [0.1, 0.15) is 24.2 Å². The summed E-state index contributed by atoms with van der Waals surface area (Å²) in [4.78, 5) is 29.8. The van der Waals surface area contributed by atoms with E-state index in [4.69, 9.17) is 16.3 Å². The molecule has 0 unspecified atom stereocenters. The number of amides is 2. The highest BCUT2D eigenvalue weighted by Crippen LogP contribution is 2.28. The van der Waals surface area contributed by atoms with Gasteiger partial charge in [0.1, 0.15) is 11.3 Å². The van der Waals surface area contributed by atoms with Gasteiger partial charge in [0.15, 0.2) is 13.2 Å². The van der Waals surface area contributed by atoms with Crippen molar-refractivity contribution >= 4 is 29.1 Å². The lowest BCUT2D eigenvalue weighted by Gasteiger charge is -2.19. The number of anilines is 1. The first-order chi connectivity index (χ1) is 14.6. The fourth-order valence-electron chi connectivity index (χ4n) is 2.53. The summed E-state index contributed by atoms with van der Waals surface area (Å²) in [6.07, 6.45) is -3.35. The number of halogens is 4. The number of ether oxygens (including phenoxy) is 2. The predicted molar refractivity (Wildman–Crippen MR) is 109 cm³/mol. The Labute approximate surface area is 182 Å². The van der Waals surface area contributed by atoms with Crippen molar-refractivity contribution in [2.45, 2.75) is 20.0 Å². The maximum absolute atomic E-state index is 12.5. The molecule has 0 aliphatic heterocycles. The number of nitrogens with one attached hydrogen (secondary N) is 1. The summed E-state index contributed by atoms with van der Waals surface area (Å²) >= 11 is 6.16. The van der Waals surface area contributed by atoms with Crippen LogP contribution in [0.2, 0.25) is 5.02 Å². The van der Waals surface area contributed by atoms with E-state index in [0.717, 1.165) is 0 Å². The number of aromatic nitrogens is 1. The van der Waals surface area contributed by atoms with Crippen LogP contribution < -0.4 is 14.8 Å². The average molecular weight is 460 g/mol. The molecule has 0 spiro atoms. The van der Waals surface area contributed by atoms with Gasteiger partial charge in [-0.1, -0.05) is 11.6 Å². The molecule has 2 aromatic rings. The molecule has 0 bridgehead atoms. The van der Waals surface area contributed by atoms with Crippen molar-refractivity contribution in [2.75, 3.05) is 31.6 Å². The first-order valence-corrected chi connectivity index (χ1v) is 9.68. The van der Waals surface area contributed by atoms with Gasteiger partial charge in [-0.25, -0.2) is 4.98 Å². The minimum absolute atomic E-state index is 0.143. The van der Waals surface area contributed by atoms with Gasteiger partial charge < -0.3 is 19.7 Å². The Kier molecular flexibility index (Phi) is 8.49. The van der Waals surface area contributed by atoms with Crippen molar-refractivity contribution < 1.29 is 32.2 Å². The number of benzene rings is 1. The Morgan fingerprint density at radius 3 is 2.48 bits per heavy atom. The Balaban J connectivity index is 2.05. The zero-order chi connectivity index (χ0) is 23.0. The van der Waals surface area contributed by atoms with Crippen LogP contribution in [0.15, 0.2) is 36.5 Å². The molecule has 0 saturated heterocycles. The van der Waals surface area contributed by atoms with E-state index >= 15 is 0 Å². The molecule has 0 aliphatic rings. The summed E-state index contributed by atoms with van der Waals surface area (Å²) in [5.41, 5.74) is 0.0936. The fraction of sp³-hybridized carbons (Fsp3) is 0.350. The van der Waals surface area contributed by atoms with Crippen molar-refractivity contribution in [3.8, 4) is 11.6 Å². The van der Waals surface area contributed by atoms with Gasteiger partial charge in [0.2, 0.25) is 5.88 Å². The molecule has 168 valence electrons. The molecular weight excluding hydrogens is 439 g/mol. The van der Waals surface area contributed by atoms with Gasteiger partial charge >= 0.3 is 6.18 Å². The third kappa shape index (κ3) is 7.32.